The van der Waals surface area contributed by atoms with Gasteiger partial charge >= 0.3 is 18.2 Å². The fourth-order valence-corrected chi connectivity index (χ4v) is 6.46. The first-order valence-electron chi connectivity index (χ1n) is 10.7. The molecule has 0 saturated carbocycles. The lowest BCUT2D eigenvalue weighted by molar-refractivity contribution is -0.145. The summed E-state index contributed by atoms with van der Waals surface area (Å²) in [5, 5.41) is 0. The van der Waals surface area contributed by atoms with Crippen LogP contribution in [-0.4, -0.2) is 80.9 Å². The fourth-order valence-electron chi connectivity index (χ4n) is 4.29. The number of carbonyl (C=O) groups is 2. The Morgan fingerprint density at radius 3 is 2.00 bits per heavy atom. The smallest absolute Gasteiger partial charge is 0.416 e. The van der Waals surface area contributed by atoms with E-state index in [-0.39, 0.29) is 44.8 Å². The molecule has 2 fully saturated rings. The van der Waals surface area contributed by atoms with Crippen LogP contribution in [0.2, 0.25) is 0 Å². The third-order valence-electron chi connectivity index (χ3n) is 6.28. The number of amides is 1. The summed E-state index contributed by atoms with van der Waals surface area (Å²) in [7, 11) is -1.79. The van der Waals surface area contributed by atoms with Gasteiger partial charge in [-0.3, -0.25) is 4.79 Å². The molecule has 0 radical (unpaired) electrons. The standard InChI is InChI=1S/C21H27F3N2O7S/c1-31-18(27)20(9-13-25(14-10-20)19(28)32-2)34(29,30)26-11-7-17(8-12-26)33-16-5-3-15(4-6-16)21(22,23)24/h3-6,17H,7-14H2,1-2H3. The molecule has 34 heavy (non-hydrogen) atoms. The van der Waals surface area contributed by atoms with Crippen molar-refractivity contribution in [2.75, 3.05) is 40.4 Å². The third kappa shape index (κ3) is 5.09. The molecule has 13 heteroatoms. The van der Waals surface area contributed by atoms with Gasteiger partial charge in [0.15, 0.2) is 4.75 Å². The van der Waals surface area contributed by atoms with Gasteiger partial charge in [0.1, 0.15) is 11.9 Å². The first-order valence-corrected chi connectivity index (χ1v) is 12.1. The molecule has 0 atom stereocenters. The molecule has 0 bridgehead atoms. The molecule has 2 aliphatic heterocycles. The third-order valence-corrected chi connectivity index (χ3v) is 8.89. The molecule has 0 unspecified atom stereocenters. The van der Waals surface area contributed by atoms with Crippen molar-refractivity contribution in [3.63, 3.8) is 0 Å². The lowest BCUT2D eigenvalue weighted by Gasteiger charge is -2.42. The molecule has 190 valence electrons. The van der Waals surface area contributed by atoms with Crippen molar-refractivity contribution in [2.24, 2.45) is 0 Å². The first-order chi connectivity index (χ1) is 15.9. The summed E-state index contributed by atoms with van der Waals surface area (Å²) < 4.78 is 79.9. The predicted octanol–water partition coefficient (Wildman–Crippen LogP) is 2.65. The Morgan fingerprint density at radius 1 is 0.971 bits per heavy atom. The van der Waals surface area contributed by atoms with Crippen LogP contribution < -0.4 is 4.74 Å². The van der Waals surface area contributed by atoms with Crippen molar-refractivity contribution in [3.05, 3.63) is 29.8 Å². The normalized spacial score (nSPS) is 20.0. The van der Waals surface area contributed by atoms with Crippen LogP contribution in [0.1, 0.15) is 31.2 Å². The molecule has 1 amide bonds. The molecular formula is C21H27F3N2O7S. The summed E-state index contributed by atoms with van der Waals surface area (Å²) in [6.07, 6.45) is -5.09. The van der Waals surface area contributed by atoms with Gasteiger partial charge in [0.05, 0.1) is 19.8 Å². The Balaban J connectivity index is 1.66. The second-order valence-electron chi connectivity index (χ2n) is 8.19. The minimum Gasteiger partial charge on any atom is -0.490 e. The molecule has 0 N–H and O–H groups in total. The molecule has 1 aromatic carbocycles. The Bertz CT molecular complexity index is 983. The van der Waals surface area contributed by atoms with E-state index in [0.717, 1.165) is 19.2 Å². The van der Waals surface area contributed by atoms with Crippen molar-refractivity contribution >= 4 is 22.1 Å². The van der Waals surface area contributed by atoms with Gasteiger partial charge in [-0.05, 0) is 49.9 Å². The second-order valence-corrected chi connectivity index (χ2v) is 10.4. The molecule has 2 aliphatic rings. The Labute approximate surface area is 195 Å². The van der Waals surface area contributed by atoms with Crippen molar-refractivity contribution in [1.82, 2.24) is 9.21 Å². The molecule has 9 nitrogen and oxygen atoms in total. The van der Waals surface area contributed by atoms with Crippen molar-refractivity contribution in [1.29, 1.82) is 0 Å². The number of alkyl halides is 3. The minimum absolute atomic E-state index is 0.0223. The molecule has 0 aromatic heterocycles. The van der Waals surface area contributed by atoms with Gasteiger partial charge < -0.3 is 19.1 Å². The number of halogens is 3. The maximum Gasteiger partial charge on any atom is 0.416 e. The summed E-state index contributed by atoms with van der Waals surface area (Å²) in [4.78, 5) is 25.8. The topological polar surface area (TPSA) is 102 Å². The van der Waals surface area contributed by atoms with Crippen LogP contribution in [0.3, 0.4) is 0 Å². The first kappa shape index (κ1) is 26.1. The summed E-state index contributed by atoms with van der Waals surface area (Å²) in [6, 6.07) is 4.31. The zero-order chi connectivity index (χ0) is 25.1. The Morgan fingerprint density at radius 2 is 1.53 bits per heavy atom. The van der Waals surface area contributed by atoms with Crippen LogP contribution >= 0.6 is 0 Å². The monoisotopic (exact) mass is 508 g/mol. The van der Waals surface area contributed by atoms with Crippen LogP contribution in [-0.2, 0) is 30.5 Å². The van der Waals surface area contributed by atoms with E-state index in [1.165, 1.54) is 28.4 Å². The van der Waals surface area contributed by atoms with E-state index in [2.05, 4.69) is 4.74 Å². The Hall–Kier alpha value is -2.54. The zero-order valence-electron chi connectivity index (χ0n) is 18.8. The number of piperidine rings is 2. The lowest BCUT2D eigenvalue weighted by atomic mass is 9.96. The van der Waals surface area contributed by atoms with Gasteiger partial charge in [0, 0.05) is 26.2 Å². The van der Waals surface area contributed by atoms with E-state index in [1.54, 1.807) is 0 Å². The van der Waals surface area contributed by atoms with Gasteiger partial charge in [-0.15, -0.1) is 0 Å². The zero-order valence-corrected chi connectivity index (χ0v) is 19.7. The highest BCUT2D eigenvalue weighted by molar-refractivity contribution is 7.91. The van der Waals surface area contributed by atoms with E-state index >= 15 is 0 Å². The highest BCUT2D eigenvalue weighted by atomic mass is 32.2. The van der Waals surface area contributed by atoms with Crippen LogP contribution in [0.25, 0.3) is 0 Å². The maximum atomic E-state index is 13.5. The summed E-state index contributed by atoms with van der Waals surface area (Å²) in [6.45, 7) is 0.198. The van der Waals surface area contributed by atoms with E-state index < -0.39 is 44.7 Å². The van der Waals surface area contributed by atoms with E-state index in [4.69, 9.17) is 9.47 Å². The fraction of sp³-hybridized carbons (Fsp3) is 0.619. The lowest BCUT2D eigenvalue weighted by Crippen LogP contribution is -2.60. The quantitative estimate of drug-likeness (QED) is 0.564. The molecule has 3 rings (SSSR count). The average molecular weight is 509 g/mol. The van der Waals surface area contributed by atoms with Gasteiger partial charge in [0.25, 0.3) is 0 Å². The van der Waals surface area contributed by atoms with Gasteiger partial charge in [-0.25, -0.2) is 17.5 Å². The van der Waals surface area contributed by atoms with Crippen molar-refractivity contribution in [3.8, 4) is 5.75 Å². The maximum absolute atomic E-state index is 13.5. The molecule has 0 spiro atoms. The minimum atomic E-state index is -4.44. The van der Waals surface area contributed by atoms with Crippen LogP contribution in [0.15, 0.2) is 24.3 Å². The van der Waals surface area contributed by atoms with Crippen LogP contribution in [0.5, 0.6) is 5.75 Å². The molecular weight excluding hydrogens is 481 g/mol. The van der Waals surface area contributed by atoms with Gasteiger partial charge in [-0.2, -0.15) is 13.2 Å². The predicted molar refractivity (Wildman–Crippen MR) is 114 cm³/mol. The van der Waals surface area contributed by atoms with Crippen molar-refractivity contribution < 1.29 is 45.4 Å². The summed E-state index contributed by atoms with van der Waals surface area (Å²) in [5.74, 6) is -0.615. The molecule has 2 saturated heterocycles. The van der Waals surface area contributed by atoms with Gasteiger partial charge in [0.2, 0.25) is 10.0 Å². The highest BCUT2D eigenvalue weighted by Crippen LogP contribution is 2.36. The number of methoxy groups -OCH3 is 2. The number of ether oxygens (including phenoxy) is 3. The SMILES string of the molecule is COC(=O)N1CCC(C(=O)OC)(S(=O)(=O)N2CCC(Oc3ccc(C(F)(F)F)cc3)CC2)CC1. The van der Waals surface area contributed by atoms with E-state index in [0.29, 0.717) is 12.8 Å². The van der Waals surface area contributed by atoms with Crippen molar-refractivity contribution in [2.45, 2.75) is 42.7 Å². The number of hydrogen-bond acceptors (Lipinski definition) is 7. The number of rotatable bonds is 5. The Kier molecular flexibility index (Phi) is 7.65. The number of esters is 1. The number of carbonyl (C=O) groups excluding carboxylic acids is 2. The number of sulfonamides is 1. The number of likely N-dealkylation sites (tertiary alicyclic amines) is 1. The highest BCUT2D eigenvalue weighted by Gasteiger charge is 2.56. The average Bonchev–Trinajstić information content (AvgIpc) is 2.83. The number of nitrogens with zero attached hydrogens (tertiary/aromatic N) is 2. The van der Waals surface area contributed by atoms with Crippen LogP contribution in [0.4, 0.5) is 18.0 Å². The summed E-state index contributed by atoms with van der Waals surface area (Å²) >= 11 is 0. The number of hydrogen-bond donors (Lipinski definition) is 0. The molecule has 1 aromatic rings. The number of benzene rings is 1. The summed E-state index contributed by atoms with van der Waals surface area (Å²) in [5.41, 5.74) is -0.785. The molecule has 0 aliphatic carbocycles. The second kappa shape index (κ2) is 9.98. The van der Waals surface area contributed by atoms with E-state index in [9.17, 15) is 31.2 Å². The van der Waals surface area contributed by atoms with Gasteiger partial charge in [-0.1, -0.05) is 0 Å². The largest absolute Gasteiger partial charge is 0.490 e. The molecule has 2 heterocycles. The van der Waals surface area contributed by atoms with E-state index in [1.807, 2.05) is 0 Å². The van der Waals surface area contributed by atoms with Crippen LogP contribution in [0, 0.1) is 0 Å².